The van der Waals surface area contributed by atoms with E-state index < -0.39 is 12.1 Å². The van der Waals surface area contributed by atoms with Crippen LogP contribution in [0.4, 0.5) is 0 Å². The Kier molecular flexibility index (Phi) is 11.8. The molecule has 0 radical (unpaired) electrons. The van der Waals surface area contributed by atoms with Crippen LogP contribution < -0.4 is 10.6 Å². The SMILES string of the molecule is CCNC(=O)[C@@H](CC(C)C)N(C)C(=O)[C@H](NC(=O)[C@@H](C1CCCCC1)N(C)C)C1CCCCC1. The molecule has 7 nitrogen and oxygen atoms in total. The van der Waals surface area contributed by atoms with Crippen LogP contribution in [0.5, 0.6) is 0 Å². The summed E-state index contributed by atoms with van der Waals surface area (Å²) in [5.74, 6) is 0.443. The van der Waals surface area contributed by atoms with Crippen molar-refractivity contribution in [1.82, 2.24) is 20.4 Å². The molecule has 2 aliphatic carbocycles. The fourth-order valence-corrected chi connectivity index (χ4v) is 5.96. The Labute approximate surface area is 207 Å². The van der Waals surface area contributed by atoms with Gasteiger partial charge in [0, 0.05) is 13.6 Å². The molecule has 196 valence electrons. The number of nitrogens with one attached hydrogen (secondary N) is 2. The third kappa shape index (κ3) is 7.96. The van der Waals surface area contributed by atoms with Crippen LogP contribution in [0.25, 0.3) is 0 Å². The zero-order valence-corrected chi connectivity index (χ0v) is 22.6. The number of carbonyl (C=O) groups excluding carboxylic acids is 3. The van der Waals surface area contributed by atoms with Gasteiger partial charge in [0.2, 0.25) is 17.7 Å². The highest BCUT2D eigenvalue weighted by Crippen LogP contribution is 2.31. The van der Waals surface area contributed by atoms with Crippen LogP contribution in [0, 0.1) is 17.8 Å². The van der Waals surface area contributed by atoms with Crippen molar-refractivity contribution in [3.8, 4) is 0 Å². The molecular formula is C27H50N4O3. The van der Waals surface area contributed by atoms with Gasteiger partial charge in [-0.05, 0) is 70.9 Å². The van der Waals surface area contributed by atoms with Crippen LogP contribution in [0.15, 0.2) is 0 Å². The van der Waals surface area contributed by atoms with Gasteiger partial charge < -0.3 is 15.5 Å². The van der Waals surface area contributed by atoms with Gasteiger partial charge in [-0.2, -0.15) is 0 Å². The molecule has 2 N–H and O–H groups in total. The molecule has 0 saturated heterocycles. The molecule has 0 aromatic heterocycles. The number of hydrogen-bond acceptors (Lipinski definition) is 4. The monoisotopic (exact) mass is 478 g/mol. The van der Waals surface area contributed by atoms with E-state index in [1.54, 1.807) is 11.9 Å². The van der Waals surface area contributed by atoms with E-state index in [4.69, 9.17) is 0 Å². The van der Waals surface area contributed by atoms with E-state index in [-0.39, 0.29) is 35.6 Å². The maximum Gasteiger partial charge on any atom is 0.245 e. The summed E-state index contributed by atoms with van der Waals surface area (Å²) in [6.45, 7) is 6.56. The van der Waals surface area contributed by atoms with Crippen molar-refractivity contribution in [2.45, 2.75) is 110 Å². The fourth-order valence-electron chi connectivity index (χ4n) is 5.96. The van der Waals surface area contributed by atoms with E-state index >= 15 is 0 Å². The normalized spacial score (nSPS) is 20.6. The van der Waals surface area contributed by atoms with E-state index in [1.165, 1.54) is 25.7 Å². The third-order valence-electron chi connectivity index (χ3n) is 7.77. The van der Waals surface area contributed by atoms with Gasteiger partial charge in [0.25, 0.3) is 0 Å². The van der Waals surface area contributed by atoms with Gasteiger partial charge in [0.15, 0.2) is 0 Å². The summed E-state index contributed by atoms with van der Waals surface area (Å²) in [7, 11) is 5.67. The highest BCUT2D eigenvalue weighted by molar-refractivity contribution is 5.93. The molecule has 0 bridgehead atoms. The van der Waals surface area contributed by atoms with Crippen molar-refractivity contribution in [3.05, 3.63) is 0 Å². The maximum atomic E-state index is 13.9. The summed E-state index contributed by atoms with van der Waals surface area (Å²) < 4.78 is 0. The Balaban J connectivity index is 2.26. The lowest BCUT2D eigenvalue weighted by atomic mass is 9.81. The van der Waals surface area contributed by atoms with Gasteiger partial charge in [-0.15, -0.1) is 0 Å². The summed E-state index contributed by atoms with van der Waals surface area (Å²) in [6.07, 6.45) is 11.5. The van der Waals surface area contributed by atoms with Crippen molar-refractivity contribution < 1.29 is 14.4 Å². The Bertz CT molecular complexity index is 654. The number of nitrogens with zero attached hydrogens (tertiary/aromatic N) is 2. The lowest BCUT2D eigenvalue weighted by Gasteiger charge is -2.38. The highest BCUT2D eigenvalue weighted by atomic mass is 16.2. The van der Waals surface area contributed by atoms with Crippen LogP contribution in [0.2, 0.25) is 0 Å². The summed E-state index contributed by atoms with van der Waals surface area (Å²) in [5, 5.41) is 6.12. The largest absolute Gasteiger partial charge is 0.355 e. The third-order valence-corrected chi connectivity index (χ3v) is 7.77. The molecule has 0 aromatic rings. The molecule has 0 aromatic carbocycles. The van der Waals surface area contributed by atoms with Gasteiger partial charge in [-0.25, -0.2) is 0 Å². The quantitative estimate of drug-likeness (QED) is 0.476. The summed E-state index contributed by atoms with van der Waals surface area (Å²) >= 11 is 0. The molecule has 3 amide bonds. The maximum absolute atomic E-state index is 13.9. The lowest BCUT2D eigenvalue weighted by Crippen LogP contribution is -2.60. The lowest BCUT2D eigenvalue weighted by molar-refractivity contribution is -0.144. The van der Waals surface area contributed by atoms with E-state index in [0.717, 1.165) is 38.5 Å². The number of likely N-dealkylation sites (N-methyl/N-ethyl adjacent to an activating group) is 3. The second-order valence-electron chi connectivity index (χ2n) is 11.2. The summed E-state index contributed by atoms with van der Waals surface area (Å²) in [6, 6.07) is -1.33. The number of carbonyl (C=O) groups is 3. The van der Waals surface area contributed by atoms with Crippen molar-refractivity contribution in [2.24, 2.45) is 17.8 Å². The molecule has 34 heavy (non-hydrogen) atoms. The average Bonchev–Trinajstić information content (AvgIpc) is 2.81. The van der Waals surface area contributed by atoms with E-state index in [0.29, 0.717) is 18.9 Å². The van der Waals surface area contributed by atoms with E-state index in [2.05, 4.69) is 24.5 Å². The standard InChI is InChI=1S/C27H50N4O3/c1-7-28-25(32)22(18-19(2)3)31(6)27(34)23(20-14-10-8-11-15-20)29-26(33)24(30(4)5)21-16-12-9-13-17-21/h19-24H,7-18H2,1-6H3,(H,28,32)(H,29,33)/t22-,23-,24-/m1/s1. The molecule has 7 heteroatoms. The minimum Gasteiger partial charge on any atom is -0.355 e. The first kappa shape index (κ1) is 28.6. The first-order chi connectivity index (χ1) is 16.2. The number of amides is 3. The highest BCUT2D eigenvalue weighted by Gasteiger charge is 2.39. The molecule has 2 fully saturated rings. The second kappa shape index (κ2) is 14.1. The zero-order chi connectivity index (χ0) is 25.3. The van der Waals surface area contributed by atoms with Gasteiger partial charge in [0.1, 0.15) is 12.1 Å². The summed E-state index contributed by atoms with van der Waals surface area (Å²) in [5.41, 5.74) is 0. The molecule has 2 saturated carbocycles. The fraction of sp³-hybridized carbons (Fsp3) is 0.889. The number of rotatable bonds is 11. The van der Waals surface area contributed by atoms with E-state index in [1.807, 2.05) is 25.9 Å². The molecular weight excluding hydrogens is 428 g/mol. The molecule has 0 aliphatic heterocycles. The molecule has 2 aliphatic rings. The molecule has 3 atom stereocenters. The minimum absolute atomic E-state index is 0.0346. The second-order valence-corrected chi connectivity index (χ2v) is 11.2. The van der Waals surface area contributed by atoms with Gasteiger partial charge >= 0.3 is 0 Å². The van der Waals surface area contributed by atoms with Crippen molar-refractivity contribution in [3.63, 3.8) is 0 Å². The minimum atomic E-state index is -0.576. The number of hydrogen-bond donors (Lipinski definition) is 2. The van der Waals surface area contributed by atoms with Gasteiger partial charge in [0.05, 0.1) is 6.04 Å². The Morgan fingerprint density at radius 1 is 0.824 bits per heavy atom. The van der Waals surface area contributed by atoms with Gasteiger partial charge in [-0.1, -0.05) is 52.4 Å². The summed E-state index contributed by atoms with van der Waals surface area (Å²) in [4.78, 5) is 44.0. The Hall–Kier alpha value is -1.63. The van der Waals surface area contributed by atoms with E-state index in [9.17, 15) is 14.4 Å². The Morgan fingerprint density at radius 3 is 1.82 bits per heavy atom. The van der Waals surface area contributed by atoms with Crippen molar-refractivity contribution in [1.29, 1.82) is 0 Å². The topological polar surface area (TPSA) is 81.8 Å². The molecule has 0 unspecified atom stereocenters. The van der Waals surface area contributed by atoms with Crippen LogP contribution in [0.1, 0.15) is 91.4 Å². The van der Waals surface area contributed by atoms with Crippen molar-refractivity contribution >= 4 is 17.7 Å². The van der Waals surface area contributed by atoms with Crippen molar-refractivity contribution in [2.75, 3.05) is 27.7 Å². The first-order valence-corrected chi connectivity index (χ1v) is 13.7. The van der Waals surface area contributed by atoms with Crippen LogP contribution in [-0.2, 0) is 14.4 Å². The smallest absolute Gasteiger partial charge is 0.245 e. The first-order valence-electron chi connectivity index (χ1n) is 13.7. The Morgan fingerprint density at radius 2 is 1.35 bits per heavy atom. The van der Waals surface area contributed by atoms with Gasteiger partial charge in [-0.3, -0.25) is 19.3 Å². The predicted molar refractivity (Wildman–Crippen MR) is 137 cm³/mol. The van der Waals surface area contributed by atoms with Crippen LogP contribution >= 0.6 is 0 Å². The molecule has 2 rings (SSSR count). The zero-order valence-electron chi connectivity index (χ0n) is 22.6. The molecule has 0 spiro atoms. The van der Waals surface area contributed by atoms with Crippen LogP contribution in [0.3, 0.4) is 0 Å². The average molecular weight is 479 g/mol. The van der Waals surface area contributed by atoms with Crippen LogP contribution in [-0.4, -0.2) is 73.3 Å². The molecule has 0 heterocycles. The predicted octanol–water partition coefficient (Wildman–Crippen LogP) is 3.57.